The average Bonchev–Trinajstić information content (AvgIpc) is 2.93. The topological polar surface area (TPSA) is 96.7 Å². The van der Waals surface area contributed by atoms with Gasteiger partial charge in [-0.2, -0.15) is 5.10 Å². The fourth-order valence-corrected chi connectivity index (χ4v) is 3.27. The molecule has 4 atom stereocenters. The average molecular weight is 257 g/mol. The van der Waals surface area contributed by atoms with Crippen molar-refractivity contribution in [3.8, 4) is 0 Å². The van der Waals surface area contributed by atoms with Crippen molar-refractivity contribution in [3.05, 3.63) is 18.5 Å². The molecule has 0 aliphatic heterocycles. The third-order valence-corrected chi connectivity index (χ3v) is 4.38. The molecule has 2 heterocycles. The Balaban J connectivity index is 1.52. The third kappa shape index (κ3) is 1.71. The molecule has 4 rings (SSSR count). The molecule has 2 fully saturated rings. The number of carbonyl (C=O) groups is 1. The van der Waals surface area contributed by atoms with Gasteiger partial charge in [0.05, 0.1) is 18.1 Å². The van der Waals surface area contributed by atoms with Gasteiger partial charge in [0, 0.05) is 17.3 Å². The lowest BCUT2D eigenvalue weighted by molar-refractivity contribution is -0.120. The number of nitrogens with two attached hydrogens (primary N) is 1. The van der Waals surface area contributed by atoms with Gasteiger partial charge in [-0.25, -0.2) is 4.98 Å². The Bertz CT molecular complexity index is 651. The number of nitrogens with zero attached hydrogens (tertiary/aromatic N) is 2. The molecule has 0 saturated heterocycles. The van der Waals surface area contributed by atoms with Crippen molar-refractivity contribution in [1.82, 2.24) is 15.2 Å². The Morgan fingerprint density at radius 2 is 2.26 bits per heavy atom. The number of aromatic nitrogens is 3. The maximum absolute atomic E-state index is 12.3. The Hall–Kier alpha value is -1.95. The summed E-state index contributed by atoms with van der Waals surface area (Å²) in [7, 11) is 0. The Labute approximate surface area is 109 Å². The molecule has 4 N–H and O–H groups in total. The highest BCUT2D eigenvalue weighted by Crippen LogP contribution is 2.54. The number of hydrogen-bond donors (Lipinski definition) is 3. The molecule has 98 valence electrons. The number of carbonyl (C=O) groups excluding carboxylic acids is 1. The Morgan fingerprint density at radius 1 is 1.37 bits per heavy atom. The second-order valence-corrected chi connectivity index (χ2v) is 5.59. The van der Waals surface area contributed by atoms with Gasteiger partial charge in [0.25, 0.3) is 0 Å². The molecule has 0 unspecified atom stereocenters. The number of rotatable bonds is 2. The van der Waals surface area contributed by atoms with E-state index in [4.69, 9.17) is 5.73 Å². The molecule has 2 aliphatic rings. The number of aromatic amines is 1. The summed E-state index contributed by atoms with van der Waals surface area (Å²) in [5, 5.41) is 10.5. The number of H-pyrrole nitrogens is 1. The molecule has 19 heavy (non-hydrogen) atoms. The molecule has 0 aromatic carbocycles. The zero-order valence-corrected chi connectivity index (χ0v) is 10.3. The van der Waals surface area contributed by atoms with Gasteiger partial charge in [0.2, 0.25) is 5.91 Å². The van der Waals surface area contributed by atoms with Crippen molar-refractivity contribution in [2.75, 3.05) is 5.32 Å². The number of amides is 1. The molecular formula is C13H15N5O. The Kier molecular flexibility index (Phi) is 2.17. The maximum Gasteiger partial charge on any atom is 0.227 e. The fraction of sp³-hybridized carbons (Fsp3) is 0.462. The van der Waals surface area contributed by atoms with E-state index in [1.165, 1.54) is 0 Å². The number of nitrogens with one attached hydrogen (secondary N) is 2. The van der Waals surface area contributed by atoms with Gasteiger partial charge in [-0.15, -0.1) is 0 Å². The largest absolute Gasteiger partial charge is 0.327 e. The van der Waals surface area contributed by atoms with E-state index in [2.05, 4.69) is 20.5 Å². The first-order chi connectivity index (χ1) is 9.22. The van der Waals surface area contributed by atoms with Crippen molar-refractivity contribution < 1.29 is 4.79 Å². The van der Waals surface area contributed by atoms with Crippen LogP contribution in [0.3, 0.4) is 0 Å². The molecule has 6 nitrogen and oxygen atoms in total. The van der Waals surface area contributed by atoms with Gasteiger partial charge < -0.3 is 11.1 Å². The van der Waals surface area contributed by atoms with Crippen LogP contribution in [-0.2, 0) is 4.79 Å². The van der Waals surface area contributed by atoms with Crippen LogP contribution in [0.4, 0.5) is 5.69 Å². The number of anilines is 1. The lowest BCUT2D eigenvalue weighted by Gasteiger charge is -2.13. The van der Waals surface area contributed by atoms with E-state index in [0.717, 1.165) is 29.6 Å². The lowest BCUT2D eigenvalue weighted by Crippen LogP contribution is -2.27. The molecule has 0 bridgehead atoms. The van der Waals surface area contributed by atoms with Crippen molar-refractivity contribution >= 4 is 22.6 Å². The molecule has 2 aromatic heterocycles. The quantitative estimate of drug-likeness (QED) is 0.744. The maximum atomic E-state index is 12.3. The minimum Gasteiger partial charge on any atom is -0.327 e. The molecule has 0 radical (unpaired) electrons. The van der Waals surface area contributed by atoms with E-state index in [0.29, 0.717) is 11.8 Å². The molecule has 2 aliphatic carbocycles. The van der Waals surface area contributed by atoms with Gasteiger partial charge >= 0.3 is 0 Å². The number of hydrogen-bond acceptors (Lipinski definition) is 4. The minimum atomic E-state index is 0.0695. The Morgan fingerprint density at radius 3 is 3.00 bits per heavy atom. The number of fused-ring (bicyclic) bond motifs is 2. The molecule has 6 heteroatoms. The molecule has 2 saturated carbocycles. The number of pyridine rings is 1. The van der Waals surface area contributed by atoms with Crippen LogP contribution in [0.2, 0.25) is 0 Å². The van der Waals surface area contributed by atoms with Crippen molar-refractivity contribution in [3.63, 3.8) is 0 Å². The van der Waals surface area contributed by atoms with Crippen LogP contribution in [0, 0.1) is 17.8 Å². The van der Waals surface area contributed by atoms with Crippen LogP contribution in [0.15, 0.2) is 18.5 Å². The van der Waals surface area contributed by atoms with Crippen LogP contribution in [0.5, 0.6) is 0 Å². The molecule has 2 aromatic rings. The predicted octanol–water partition coefficient (Wildman–Crippen LogP) is 0.880. The second kappa shape index (κ2) is 3.77. The van der Waals surface area contributed by atoms with Crippen molar-refractivity contribution in [2.24, 2.45) is 23.5 Å². The summed E-state index contributed by atoms with van der Waals surface area (Å²) in [5.41, 5.74) is 7.44. The molecular weight excluding hydrogens is 242 g/mol. The van der Waals surface area contributed by atoms with E-state index in [9.17, 15) is 4.79 Å². The van der Waals surface area contributed by atoms with Crippen molar-refractivity contribution in [2.45, 2.75) is 18.9 Å². The summed E-state index contributed by atoms with van der Waals surface area (Å²) in [6.45, 7) is 0. The smallest absolute Gasteiger partial charge is 0.227 e. The SMILES string of the molecule is N[C@@H]1C[C@H](C(=O)Nc2cnc3[nH]ncc3c2)[C@H]2C[C@H]21. The van der Waals surface area contributed by atoms with Crippen LogP contribution in [0.25, 0.3) is 11.0 Å². The molecule has 0 spiro atoms. The first-order valence-electron chi connectivity index (χ1n) is 6.58. The summed E-state index contributed by atoms with van der Waals surface area (Å²) in [6, 6.07) is 2.08. The third-order valence-electron chi connectivity index (χ3n) is 4.38. The normalized spacial score (nSPS) is 32.3. The molecule has 1 amide bonds. The van der Waals surface area contributed by atoms with E-state index in [-0.39, 0.29) is 17.9 Å². The van der Waals surface area contributed by atoms with Gasteiger partial charge in [-0.3, -0.25) is 9.89 Å². The van der Waals surface area contributed by atoms with Crippen LogP contribution < -0.4 is 11.1 Å². The van der Waals surface area contributed by atoms with E-state index in [1.54, 1.807) is 12.4 Å². The monoisotopic (exact) mass is 257 g/mol. The van der Waals surface area contributed by atoms with Gasteiger partial charge in [-0.1, -0.05) is 0 Å². The highest BCUT2D eigenvalue weighted by molar-refractivity contribution is 5.94. The van der Waals surface area contributed by atoms with E-state index >= 15 is 0 Å². The highest BCUT2D eigenvalue weighted by Gasteiger charge is 2.55. The van der Waals surface area contributed by atoms with Crippen LogP contribution >= 0.6 is 0 Å². The van der Waals surface area contributed by atoms with Crippen LogP contribution in [0.1, 0.15) is 12.8 Å². The van der Waals surface area contributed by atoms with Gasteiger partial charge in [-0.05, 0) is 30.7 Å². The first kappa shape index (κ1) is 10.9. The fourth-order valence-electron chi connectivity index (χ4n) is 3.27. The zero-order valence-electron chi connectivity index (χ0n) is 10.3. The summed E-state index contributed by atoms with van der Waals surface area (Å²) in [6.07, 6.45) is 5.26. The van der Waals surface area contributed by atoms with Crippen LogP contribution in [-0.4, -0.2) is 27.1 Å². The van der Waals surface area contributed by atoms with E-state index in [1.807, 2.05) is 6.07 Å². The van der Waals surface area contributed by atoms with E-state index < -0.39 is 0 Å². The second-order valence-electron chi connectivity index (χ2n) is 5.59. The van der Waals surface area contributed by atoms with Gasteiger partial charge in [0.1, 0.15) is 0 Å². The standard InChI is InChI=1S/C13H15N5O/c14-11-3-10(8-2-9(8)11)13(19)17-7-1-6-4-16-18-12(6)15-5-7/h1,4-5,8-11H,2-3,14H2,(H,17,19)(H,15,16,18)/t8-,9+,10-,11+/m0/s1. The highest BCUT2D eigenvalue weighted by atomic mass is 16.1. The predicted molar refractivity (Wildman–Crippen MR) is 70.2 cm³/mol. The minimum absolute atomic E-state index is 0.0695. The van der Waals surface area contributed by atoms with Crippen molar-refractivity contribution in [1.29, 1.82) is 0 Å². The summed E-state index contributed by atoms with van der Waals surface area (Å²) in [5.74, 6) is 1.22. The zero-order chi connectivity index (χ0) is 13.0. The summed E-state index contributed by atoms with van der Waals surface area (Å²) < 4.78 is 0. The van der Waals surface area contributed by atoms with Gasteiger partial charge in [0.15, 0.2) is 5.65 Å². The lowest BCUT2D eigenvalue weighted by atomic mass is 10.0. The first-order valence-corrected chi connectivity index (χ1v) is 6.58. The summed E-state index contributed by atoms with van der Waals surface area (Å²) in [4.78, 5) is 16.5. The summed E-state index contributed by atoms with van der Waals surface area (Å²) >= 11 is 0.